The summed E-state index contributed by atoms with van der Waals surface area (Å²) >= 11 is 0. The summed E-state index contributed by atoms with van der Waals surface area (Å²) in [7, 11) is 0. The molecule has 1 aliphatic rings. The Kier molecular flexibility index (Phi) is 5.81. The van der Waals surface area contributed by atoms with Crippen molar-refractivity contribution in [3.63, 3.8) is 0 Å². The van der Waals surface area contributed by atoms with E-state index in [9.17, 15) is 4.79 Å². The Hall–Kier alpha value is -0.570. The number of hydrogen-bond donors (Lipinski definition) is 2. The summed E-state index contributed by atoms with van der Waals surface area (Å²) in [5.74, 6) is 0.202. The van der Waals surface area contributed by atoms with E-state index in [1.54, 1.807) is 0 Å². The van der Waals surface area contributed by atoms with E-state index in [1.807, 2.05) is 0 Å². The zero-order valence-corrected chi connectivity index (χ0v) is 10.6. The van der Waals surface area contributed by atoms with E-state index in [0.29, 0.717) is 18.4 Å². The molecule has 0 aromatic rings. The molecule has 0 atom stereocenters. The summed E-state index contributed by atoms with van der Waals surface area (Å²) in [6.07, 6.45) is 8.92. The Bertz CT molecular complexity index is 210. The highest BCUT2D eigenvalue weighted by atomic mass is 16.1. The van der Waals surface area contributed by atoms with Gasteiger partial charge in [-0.05, 0) is 44.1 Å². The fraction of sp³-hybridized carbons (Fsp3) is 0.923. The predicted octanol–water partition coefficient (Wildman–Crippen LogP) is 2.20. The van der Waals surface area contributed by atoms with Gasteiger partial charge in [0.1, 0.15) is 0 Å². The number of amides is 1. The molecule has 0 radical (unpaired) electrons. The zero-order chi connectivity index (χ0) is 11.9. The molecule has 1 fully saturated rings. The normalized spacial score (nSPS) is 18.6. The first-order valence-electron chi connectivity index (χ1n) is 6.69. The molecule has 0 bridgehead atoms. The quantitative estimate of drug-likeness (QED) is 0.654. The Morgan fingerprint density at radius 2 is 2.00 bits per heavy atom. The SMILES string of the molecule is CCC1(CNC(=O)CCCCN)CCCC1. The molecule has 1 amide bonds. The minimum absolute atomic E-state index is 0.202. The molecule has 1 rings (SSSR count). The third-order valence-corrected chi connectivity index (χ3v) is 3.93. The summed E-state index contributed by atoms with van der Waals surface area (Å²) in [5.41, 5.74) is 5.81. The van der Waals surface area contributed by atoms with Crippen LogP contribution in [0.5, 0.6) is 0 Å². The first kappa shape index (κ1) is 13.5. The van der Waals surface area contributed by atoms with Crippen LogP contribution >= 0.6 is 0 Å². The monoisotopic (exact) mass is 226 g/mol. The molecular formula is C13H26N2O. The predicted molar refractivity (Wildman–Crippen MR) is 67.1 cm³/mol. The standard InChI is InChI=1S/C13H26N2O/c1-2-13(8-4-5-9-13)11-15-12(16)7-3-6-10-14/h2-11,14H2,1H3,(H,15,16). The van der Waals surface area contributed by atoms with Gasteiger partial charge in [-0.1, -0.05) is 19.8 Å². The van der Waals surface area contributed by atoms with Gasteiger partial charge < -0.3 is 11.1 Å². The molecular weight excluding hydrogens is 200 g/mol. The largest absolute Gasteiger partial charge is 0.356 e. The van der Waals surface area contributed by atoms with Crippen molar-refractivity contribution in [3.05, 3.63) is 0 Å². The fourth-order valence-electron chi connectivity index (χ4n) is 2.58. The van der Waals surface area contributed by atoms with Gasteiger partial charge in [0, 0.05) is 13.0 Å². The topological polar surface area (TPSA) is 55.1 Å². The van der Waals surface area contributed by atoms with Crippen LogP contribution in [0.25, 0.3) is 0 Å². The second-order valence-electron chi connectivity index (χ2n) is 5.08. The van der Waals surface area contributed by atoms with E-state index in [-0.39, 0.29) is 5.91 Å². The highest BCUT2D eigenvalue weighted by Crippen LogP contribution is 2.40. The Morgan fingerprint density at radius 1 is 1.31 bits per heavy atom. The molecule has 3 nitrogen and oxygen atoms in total. The minimum atomic E-state index is 0.202. The van der Waals surface area contributed by atoms with Gasteiger partial charge in [-0.2, -0.15) is 0 Å². The Morgan fingerprint density at radius 3 is 2.56 bits per heavy atom. The zero-order valence-electron chi connectivity index (χ0n) is 10.6. The van der Waals surface area contributed by atoms with Gasteiger partial charge in [0.15, 0.2) is 0 Å². The maximum atomic E-state index is 11.6. The van der Waals surface area contributed by atoms with E-state index < -0.39 is 0 Å². The lowest BCUT2D eigenvalue weighted by molar-refractivity contribution is -0.121. The summed E-state index contributed by atoms with van der Waals surface area (Å²) in [6, 6.07) is 0. The third-order valence-electron chi connectivity index (χ3n) is 3.93. The van der Waals surface area contributed by atoms with Gasteiger partial charge in [0.25, 0.3) is 0 Å². The van der Waals surface area contributed by atoms with Crippen LogP contribution in [0.1, 0.15) is 58.3 Å². The van der Waals surface area contributed by atoms with Gasteiger partial charge in [0.05, 0.1) is 0 Å². The molecule has 0 saturated heterocycles. The fourth-order valence-corrected chi connectivity index (χ4v) is 2.58. The average molecular weight is 226 g/mol. The maximum absolute atomic E-state index is 11.6. The lowest BCUT2D eigenvalue weighted by Crippen LogP contribution is -2.35. The van der Waals surface area contributed by atoms with Crippen molar-refractivity contribution in [2.24, 2.45) is 11.1 Å². The van der Waals surface area contributed by atoms with E-state index in [2.05, 4.69) is 12.2 Å². The molecule has 94 valence electrons. The van der Waals surface area contributed by atoms with Crippen molar-refractivity contribution in [1.82, 2.24) is 5.32 Å². The summed E-state index contributed by atoms with van der Waals surface area (Å²) in [5, 5.41) is 3.10. The van der Waals surface area contributed by atoms with Crippen LogP contribution in [0.3, 0.4) is 0 Å². The van der Waals surface area contributed by atoms with Crippen LogP contribution in [-0.2, 0) is 4.79 Å². The Balaban J connectivity index is 2.19. The van der Waals surface area contributed by atoms with Crippen molar-refractivity contribution < 1.29 is 4.79 Å². The summed E-state index contributed by atoms with van der Waals surface area (Å²) in [6.45, 7) is 3.81. The lowest BCUT2D eigenvalue weighted by Gasteiger charge is -2.27. The number of nitrogens with two attached hydrogens (primary N) is 1. The first-order valence-corrected chi connectivity index (χ1v) is 6.69. The number of rotatable bonds is 7. The highest BCUT2D eigenvalue weighted by Gasteiger charge is 2.31. The van der Waals surface area contributed by atoms with Gasteiger partial charge in [0.2, 0.25) is 5.91 Å². The van der Waals surface area contributed by atoms with Crippen molar-refractivity contribution >= 4 is 5.91 Å². The van der Waals surface area contributed by atoms with E-state index >= 15 is 0 Å². The first-order chi connectivity index (χ1) is 7.72. The third kappa shape index (κ3) is 4.12. The highest BCUT2D eigenvalue weighted by molar-refractivity contribution is 5.75. The molecule has 1 aliphatic carbocycles. The van der Waals surface area contributed by atoms with Gasteiger partial charge in [-0.15, -0.1) is 0 Å². The number of unbranched alkanes of at least 4 members (excludes halogenated alkanes) is 1. The van der Waals surface area contributed by atoms with Gasteiger partial charge in [-0.3, -0.25) is 4.79 Å². The van der Waals surface area contributed by atoms with Crippen LogP contribution in [0, 0.1) is 5.41 Å². The summed E-state index contributed by atoms with van der Waals surface area (Å²) < 4.78 is 0. The summed E-state index contributed by atoms with van der Waals surface area (Å²) in [4.78, 5) is 11.6. The van der Waals surface area contributed by atoms with Crippen molar-refractivity contribution in [3.8, 4) is 0 Å². The molecule has 0 aliphatic heterocycles. The number of hydrogen-bond acceptors (Lipinski definition) is 2. The van der Waals surface area contributed by atoms with Crippen LogP contribution in [0.4, 0.5) is 0 Å². The van der Waals surface area contributed by atoms with Crippen LogP contribution in [0.15, 0.2) is 0 Å². The van der Waals surface area contributed by atoms with Crippen LogP contribution < -0.4 is 11.1 Å². The second kappa shape index (κ2) is 6.89. The molecule has 16 heavy (non-hydrogen) atoms. The van der Waals surface area contributed by atoms with Crippen LogP contribution in [-0.4, -0.2) is 19.0 Å². The number of nitrogens with one attached hydrogen (secondary N) is 1. The van der Waals surface area contributed by atoms with E-state index in [4.69, 9.17) is 5.73 Å². The molecule has 0 aromatic carbocycles. The smallest absolute Gasteiger partial charge is 0.220 e. The van der Waals surface area contributed by atoms with E-state index in [0.717, 1.165) is 19.4 Å². The molecule has 1 saturated carbocycles. The second-order valence-corrected chi connectivity index (χ2v) is 5.08. The molecule has 0 aromatic heterocycles. The van der Waals surface area contributed by atoms with Crippen molar-refractivity contribution in [2.75, 3.05) is 13.1 Å². The maximum Gasteiger partial charge on any atom is 0.220 e. The number of carbonyl (C=O) groups is 1. The molecule has 3 heteroatoms. The molecule has 0 unspecified atom stereocenters. The van der Waals surface area contributed by atoms with Crippen molar-refractivity contribution in [1.29, 1.82) is 0 Å². The lowest BCUT2D eigenvalue weighted by atomic mass is 9.83. The number of carbonyl (C=O) groups excluding carboxylic acids is 1. The van der Waals surface area contributed by atoms with E-state index in [1.165, 1.54) is 32.1 Å². The van der Waals surface area contributed by atoms with Crippen LogP contribution in [0.2, 0.25) is 0 Å². The average Bonchev–Trinajstić information content (AvgIpc) is 2.76. The van der Waals surface area contributed by atoms with Gasteiger partial charge >= 0.3 is 0 Å². The molecule has 0 spiro atoms. The molecule has 0 heterocycles. The minimum Gasteiger partial charge on any atom is -0.356 e. The Labute approximate surface area is 99.2 Å². The van der Waals surface area contributed by atoms with Gasteiger partial charge in [-0.25, -0.2) is 0 Å². The molecule has 3 N–H and O–H groups in total. The van der Waals surface area contributed by atoms with Crippen molar-refractivity contribution in [2.45, 2.75) is 58.3 Å².